The number of hydrogen-bond donors (Lipinski definition) is 2. The Balaban J connectivity index is 1.66. The molecule has 0 spiro atoms. The molecule has 1 atom stereocenters. The Bertz CT molecular complexity index is 338. The van der Waals surface area contributed by atoms with Gasteiger partial charge in [-0.05, 0) is 6.92 Å². The molecule has 108 valence electrons. The average Bonchev–Trinajstić information content (AvgIpc) is 2.27. The van der Waals surface area contributed by atoms with Crippen LogP contribution < -0.4 is 5.32 Å². The fourth-order valence-corrected chi connectivity index (χ4v) is 2.32. The number of aliphatic carboxylic acids is 1. The van der Waals surface area contributed by atoms with E-state index in [2.05, 4.69) is 10.2 Å². The number of carboxylic acid groups (broad SMARTS) is 1. The molecule has 0 saturated carbocycles. The second-order valence-electron chi connectivity index (χ2n) is 5.20. The van der Waals surface area contributed by atoms with E-state index in [0.717, 1.165) is 32.8 Å². The van der Waals surface area contributed by atoms with E-state index in [0.29, 0.717) is 13.1 Å². The minimum absolute atomic E-state index is 0.0504. The number of urea groups is 1. The molecule has 2 N–H and O–H groups in total. The molecule has 19 heavy (non-hydrogen) atoms. The highest BCUT2D eigenvalue weighted by molar-refractivity contribution is 5.79. The summed E-state index contributed by atoms with van der Waals surface area (Å²) in [7, 11) is 0. The van der Waals surface area contributed by atoms with Crippen LogP contribution in [0.1, 0.15) is 6.92 Å². The highest BCUT2D eigenvalue weighted by Gasteiger charge is 2.35. The Labute approximate surface area is 112 Å². The molecule has 2 amide bonds. The van der Waals surface area contributed by atoms with Gasteiger partial charge in [0.05, 0.1) is 19.1 Å². The van der Waals surface area contributed by atoms with Crippen molar-refractivity contribution in [1.29, 1.82) is 0 Å². The summed E-state index contributed by atoms with van der Waals surface area (Å²) in [5.41, 5.74) is 0. The third-order valence-corrected chi connectivity index (χ3v) is 3.52. The molecule has 0 aliphatic carbocycles. The number of nitrogens with one attached hydrogen (secondary N) is 1. The van der Waals surface area contributed by atoms with Crippen molar-refractivity contribution in [2.24, 2.45) is 5.92 Å². The van der Waals surface area contributed by atoms with E-state index in [-0.39, 0.29) is 12.1 Å². The number of morpholine rings is 1. The SMILES string of the molecule is CC(CN1CCOCC1)NC(=O)N1CC(C(=O)O)C1. The molecule has 0 aromatic heterocycles. The average molecular weight is 271 g/mol. The standard InChI is InChI=1S/C12H21N3O4/c1-9(6-14-2-4-19-5-3-14)13-12(18)15-7-10(8-15)11(16)17/h9-10H,2-8H2,1H3,(H,13,18)(H,16,17). The van der Waals surface area contributed by atoms with E-state index in [1.54, 1.807) is 0 Å². The van der Waals surface area contributed by atoms with Crippen molar-refractivity contribution in [3.05, 3.63) is 0 Å². The van der Waals surface area contributed by atoms with Crippen LogP contribution in [0.15, 0.2) is 0 Å². The van der Waals surface area contributed by atoms with Gasteiger partial charge in [-0.25, -0.2) is 4.79 Å². The van der Waals surface area contributed by atoms with Gasteiger partial charge in [-0.2, -0.15) is 0 Å². The van der Waals surface area contributed by atoms with Crippen molar-refractivity contribution in [1.82, 2.24) is 15.1 Å². The first-order chi connectivity index (χ1) is 9.06. The van der Waals surface area contributed by atoms with Crippen LogP contribution in [0, 0.1) is 5.92 Å². The zero-order valence-corrected chi connectivity index (χ0v) is 11.2. The Morgan fingerprint density at radius 2 is 2.00 bits per heavy atom. The van der Waals surface area contributed by atoms with E-state index in [1.165, 1.54) is 4.90 Å². The van der Waals surface area contributed by atoms with Crippen LogP contribution in [0.25, 0.3) is 0 Å². The molecule has 0 bridgehead atoms. The number of ether oxygens (including phenoxy) is 1. The van der Waals surface area contributed by atoms with Gasteiger partial charge in [0.2, 0.25) is 0 Å². The van der Waals surface area contributed by atoms with Crippen LogP contribution in [0.4, 0.5) is 4.79 Å². The molecule has 2 heterocycles. The first-order valence-electron chi connectivity index (χ1n) is 6.64. The fourth-order valence-electron chi connectivity index (χ4n) is 2.32. The van der Waals surface area contributed by atoms with Crippen LogP contribution in [0.5, 0.6) is 0 Å². The molecule has 0 aromatic rings. The van der Waals surface area contributed by atoms with Gasteiger partial charge >= 0.3 is 12.0 Å². The number of hydrogen-bond acceptors (Lipinski definition) is 4. The highest BCUT2D eigenvalue weighted by atomic mass is 16.5. The molecular weight excluding hydrogens is 250 g/mol. The molecule has 2 fully saturated rings. The first-order valence-corrected chi connectivity index (χ1v) is 6.64. The van der Waals surface area contributed by atoms with Crippen molar-refractivity contribution in [2.45, 2.75) is 13.0 Å². The number of amides is 2. The summed E-state index contributed by atoms with van der Waals surface area (Å²) in [6.45, 7) is 6.65. The Hall–Kier alpha value is -1.34. The number of carboxylic acids is 1. The minimum atomic E-state index is -0.828. The van der Waals surface area contributed by atoms with Crippen molar-refractivity contribution < 1.29 is 19.4 Å². The van der Waals surface area contributed by atoms with E-state index in [9.17, 15) is 9.59 Å². The van der Waals surface area contributed by atoms with Crippen LogP contribution in [0.2, 0.25) is 0 Å². The fraction of sp³-hybridized carbons (Fsp3) is 0.833. The Kier molecular flexibility index (Phi) is 4.60. The lowest BCUT2D eigenvalue weighted by molar-refractivity contribution is -0.146. The third kappa shape index (κ3) is 3.81. The maximum absolute atomic E-state index is 11.8. The lowest BCUT2D eigenvalue weighted by Crippen LogP contribution is -2.58. The summed E-state index contributed by atoms with van der Waals surface area (Å²) in [6.07, 6.45) is 0. The summed E-state index contributed by atoms with van der Waals surface area (Å²) in [6, 6.07) is -0.118. The summed E-state index contributed by atoms with van der Waals surface area (Å²) >= 11 is 0. The normalized spacial score (nSPS) is 22.7. The van der Waals surface area contributed by atoms with Crippen LogP contribution in [0.3, 0.4) is 0 Å². The largest absolute Gasteiger partial charge is 0.481 e. The lowest BCUT2D eigenvalue weighted by Gasteiger charge is -2.37. The second kappa shape index (κ2) is 6.21. The quantitative estimate of drug-likeness (QED) is 0.716. The summed E-state index contributed by atoms with van der Waals surface area (Å²) in [5, 5.41) is 11.7. The number of nitrogens with zero attached hydrogens (tertiary/aromatic N) is 2. The predicted molar refractivity (Wildman–Crippen MR) is 68.0 cm³/mol. The van der Waals surface area contributed by atoms with Crippen LogP contribution in [-0.4, -0.2) is 78.9 Å². The molecule has 2 saturated heterocycles. The zero-order chi connectivity index (χ0) is 13.8. The van der Waals surface area contributed by atoms with Gasteiger partial charge in [0.15, 0.2) is 0 Å². The predicted octanol–water partition coefficient (Wildman–Crippen LogP) is -0.567. The molecular formula is C12H21N3O4. The summed E-state index contributed by atoms with van der Waals surface area (Å²) in [4.78, 5) is 26.3. The molecule has 2 aliphatic heterocycles. The van der Waals surface area contributed by atoms with Gasteiger partial charge in [-0.3, -0.25) is 9.69 Å². The van der Waals surface area contributed by atoms with E-state index >= 15 is 0 Å². The first kappa shape index (κ1) is 14.1. The van der Waals surface area contributed by atoms with Crippen LogP contribution in [-0.2, 0) is 9.53 Å². The molecule has 7 heteroatoms. The van der Waals surface area contributed by atoms with Crippen molar-refractivity contribution in [3.63, 3.8) is 0 Å². The molecule has 2 rings (SSSR count). The summed E-state index contributed by atoms with van der Waals surface area (Å²) < 4.78 is 5.27. The molecule has 1 unspecified atom stereocenters. The van der Waals surface area contributed by atoms with E-state index < -0.39 is 11.9 Å². The number of likely N-dealkylation sites (tertiary alicyclic amines) is 1. The monoisotopic (exact) mass is 271 g/mol. The maximum Gasteiger partial charge on any atom is 0.317 e. The number of rotatable bonds is 4. The van der Waals surface area contributed by atoms with E-state index in [1.807, 2.05) is 6.92 Å². The zero-order valence-electron chi connectivity index (χ0n) is 11.2. The molecule has 2 aliphatic rings. The third-order valence-electron chi connectivity index (χ3n) is 3.52. The topological polar surface area (TPSA) is 82.1 Å². The van der Waals surface area contributed by atoms with Crippen molar-refractivity contribution >= 4 is 12.0 Å². The lowest BCUT2D eigenvalue weighted by atomic mass is 10.0. The summed E-state index contributed by atoms with van der Waals surface area (Å²) in [5.74, 6) is -1.23. The van der Waals surface area contributed by atoms with Gasteiger partial charge in [0.1, 0.15) is 0 Å². The van der Waals surface area contributed by atoms with Crippen molar-refractivity contribution in [3.8, 4) is 0 Å². The minimum Gasteiger partial charge on any atom is -0.481 e. The molecule has 0 aromatic carbocycles. The second-order valence-corrected chi connectivity index (χ2v) is 5.20. The number of carbonyl (C=O) groups excluding carboxylic acids is 1. The van der Waals surface area contributed by atoms with Crippen LogP contribution >= 0.6 is 0 Å². The van der Waals surface area contributed by atoms with Gasteiger partial charge in [0, 0.05) is 38.8 Å². The molecule has 0 radical (unpaired) electrons. The smallest absolute Gasteiger partial charge is 0.317 e. The van der Waals surface area contributed by atoms with Gasteiger partial charge in [-0.15, -0.1) is 0 Å². The number of carbonyl (C=O) groups is 2. The highest BCUT2D eigenvalue weighted by Crippen LogP contribution is 2.15. The Morgan fingerprint density at radius 1 is 1.37 bits per heavy atom. The molecule has 7 nitrogen and oxygen atoms in total. The maximum atomic E-state index is 11.8. The van der Waals surface area contributed by atoms with Gasteiger partial charge < -0.3 is 20.1 Å². The van der Waals surface area contributed by atoms with E-state index in [4.69, 9.17) is 9.84 Å². The Morgan fingerprint density at radius 3 is 2.58 bits per heavy atom. The van der Waals surface area contributed by atoms with Gasteiger partial charge in [-0.1, -0.05) is 0 Å². The van der Waals surface area contributed by atoms with Crippen molar-refractivity contribution in [2.75, 3.05) is 45.9 Å². The van der Waals surface area contributed by atoms with Gasteiger partial charge in [0.25, 0.3) is 0 Å².